The van der Waals surface area contributed by atoms with E-state index in [1.54, 1.807) is 0 Å². The first kappa shape index (κ1) is 25.8. The summed E-state index contributed by atoms with van der Waals surface area (Å²) in [6.07, 6.45) is 7.04. The second kappa shape index (κ2) is 29.8. The van der Waals surface area contributed by atoms with Crippen molar-refractivity contribution >= 4 is 0 Å². The number of hydrogen-bond acceptors (Lipinski definition) is 0. The fourth-order valence-corrected chi connectivity index (χ4v) is 1.51. The lowest BCUT2D eigenvalue weighted by Gasteiger charge is -2.10. The molecule has 0 N–H and O–H groups in total. The first-order chi connectivity index (χ1) is 8.16. The van der Waals surface area contributed by atoms with E-state index in [9.17, 15) is 0 Å². The van der Waals surface area contributed by atoms with Crippen molar-refractivity contribution in [1.82, 2.24) is 0 Å². The summed E-state index contributed by atoms with van der Waals surface area (Å²) >= 11 is 0. The Morgan fingerprint density at radius 2 is 1.06 bits per heavy atom. The van der Waals surface area contributed by atoms with Gasteiger partial charge in [-0.2, -0.15) is 0 Å². The highest BCUT2D eigenvalue weighted by Crippen LogP contribution is 2.15. The van der Waals surface area contributed by atoms with Crippen LogP contribution in [0.15, 0.2) is 0 Å². The molecule has 0 aliphatic carbocycles. The van der Waals surface area contributed by atoms with E-state index in [2.05, 4.69) is 27.7 Å². The Labute approximate surface area is 114 Å². The SMILES string of the molecule is CC.CC.CC.CCCC(C)CCCC(C)C. The molecule has 0 heterocycles. The lowest BCUT2D eigenvalue weighted by Crippen LogP contribution is -1.95. The zero-order chi connectivity index (χ0) is 14.7. The van der Waals surface area contributed by atoms with Gasteiger partial charge in [-0.1, -0.05) is 101 Å². The Hall–Kier alpha value is 0. The second-order valence-corrected chi connectivity index (χ2v) is 4.22. The first-order valence-corrected chi connectivity index (χ1v) is 8.16. The van der Waals surface area contributed by atoms with Crippen molar-refractivity contribution in [3.63, 3.8) is 0 Å². The lowest BCUT2D eigenvalue weighted by molar-refractivity contribution is 0.433. The van der Waals surface area contributed by atoms with Gasteiger partial charge >= 0.3 is 0 Å². The van der Waals surface area contributed by atoms with Crippen LogP contribution in [0.4, 0.5) is 0 Å². The minimum absolute atomic E-state index is 0.892. The van der Waals surface area contributed by atoms with Crippen LogP contribution in [0.3, 0.4) is 0 Å². The van der Waals surface area contributed by atoms with Crippen LogP contribution in [0.2, 0.25) is 0 Å². The summed E-state index contributed by atoms with van der Waals surface area (Å²) in [4.78, 5) is 0. The molecule has 0 spiro atoms. The van der Waals surface area contributed by atoms with Crippen LogP contribution in [-0.2, 0) is 0 Å². The van der Waals surface area contributed by atoms with E-state index in [0.717, 1.165) is 11.8 Å². The molecule has 0 fully saturated rings. The standard InChI is InChI=1S/C11H24.3C2H6/c1-5-7-11(4)9-6-8-10(2)3;3*1-2/h10-11H,5-9H2,1-4H3;3*1-2H3. The Morgan fingerprint density at radius 3 is 1.35 bits per heavy atom. The van der Waals surface area contributed by atoms with E-state index in [1.807, 2.05) is 41.5 Å². The largest absolute Gasteiger partial charge is 0.0683 e. The average molecular weight is 247 g/mol. The highest BCUT2D eigenvalue weighted by atomic mass is 14.1. The third kappa shape index (κ3) is 38.7. The minimum atomic E-state index is 0.892. The van der Waals surface area contributed by atoms with Crippen molar-refractivity contribution in [2.24, 2.45) is 11.8 Å². The normalized spacial score (nSPS) is 10.1. The summed E-state index contributed by atoms with van der Waals surface area (Å²) in [7, 11) is 0. The molecule has 0 heteroatoms. The summed E-state index contributed by atoms with van der Waals surface area (Å²) in [5.41, 5.74) is 0. The molecule has 0 aromatic rings. The number of hydrogen-bond donors (Lipinski definition) is 0. The lowest BCUT2D eigenvalue weighted by atomic mass is 9.96. The monoisotopic (exact) mass is 246 g/mol. The Balaban J connectivity index is -0.000000121. The van der Waals surface area contributed by atoms with Gasteiger partial charge in [0.25, 0.3) is 0 Å². The van der Waals surface area contributed by atoms with Crippen LogP contribution in [0.5, 0.6) is 0 Å². The molecular formula is C17H42. The molecule has 0 aliphatic heterocycles. The van der Waals surface area contributed by atoms with Crippen molar-refractivity contribution in [3.8, 4) is 0 Å². The van der Waals surface area contributed by atoms with Crippen LogP contribution in [0.25, 0.3) is 0 Å². The predicted molar refractivity (Wildman–Crippen MR) is 86.8 cm³/mol. The summed E-state index contributed by atoms with van der Waals surface area (Å²) in [6.45, 7) is 21.3. The van der Waals surface area contributed by atoms with E-state index >= 15 is 0 Å². The van der Waals surface area contributed by atoms with Crippen LogP contribution in [0.1, 0.15) is 101 Å². The van der Waals surface area contributed by atoms with Gasteiger partial charge in [0.1, 0.15) is 0 Å². The Kier molecular flexibility index (Phi) is 45.1. The van der Waals surface area contributed by atoms with Gasteiger partial charge < -0.3 is 0 Å². The van der Waals surface area contributed by atoms with Crippen LogP contribution in [0, 0.1) is 11.8 Å². The average Bonchev–Trinajstić information content (AvgIpc) is 2.36. The molecule has 110 valence electrons. The molecule has 0 nitrogen and oxygen atoms in total. The molecule has 17 heavy (non-hydrogen) atoms. The van der Waals surface area contributed by atoms with Crippen molar-refractivity contribution < 1.29 is 0 Å². The van der Waals surface area contributed by atoms with Gasteiger partial charge in [-0.15, -0.1) is 0 Å². The van der Waals surface area contributed by atoms with E-state index in [-0.39, 0.29) is 0 Å². The van der Waals surface area contributed by atoms with Gasteiger partial charge in [0.05, 0.1) is 0 Å². The van der Waals surface area contributed by atoms with Gasteiger partial charge in [0.15, 0.2) is 0 Å². The maximum atomic E-state index is 2.38. The fourth-order valence-electron chi connectivity index (χ4n) is 1.51. The topological polar surface area (TPSA) is 0 Å². The van der Waals surface area contributed by atoms with E-state index in [4.69, 9.17) is 0 Å². The zero-order valence-corrected chi connectivity index (χ0v) is 14.7. The van der Waals surface area contributed by atoms with Crippen molar-refractivity contribution in [1.29, 1.82) is 0 Å². The second-order valence-electron chi connectivity index (χ2n) is 4.22. The summed E-state index contributed by atoms with van der Waals surface area (Å²) in [5.74, 6) is 1.85. The molecule has 0 aliphatic rings. The molecule has 0 aromatic heterocycles. The van der Waals surface area contributed by atoms with Crippen LogP contribution >= 0.6 is 0 Å². The Bertz CT molecular complexity index is 74.1. The maximum absolute atomic E-state index is 2.38. The molecule has 0 rings (SSSR count). The van der Waals surface area contributed by atoms with Crippen molar-refractivity contribution in [2.45, 2.75) is 101 Å². The van der Waals surface area contributed by atoms with Gasteiger partial charge in [-0.3, -0.25) is 0 Å². The van der Waals surface area contributed by atoms with Crippen molar-refractivity contribution in [3.05, 3.63) is 0 Å². The van der Waals surface area contributed by atoms with Crippen LogP contribution < -0.4 is 0 Å². The van der Waals surface area contributed by atoms with Crippen LogP contribution in [-0.4, -0.2) is 0 Å². The highest BCUT2D eigenvalue weighted by molar-refractivity contribution is 4.54. The molecular weight excluding hydrogens is 204 g/mol. The fraction of sp³-hybridized carbons (Fsp3) is 1.00. The highest BCUT2D eigenvalue weighted by Gasteiger charge is 2.00. The number of rotatable bonds is 6. The molecule has 0 aromatic carbocycles. The van der Waals surface area contributed by atoms with E-state index in [0.29, 0.717) is 0 Å². The zero-order valence-electron chi connectivity index (χ0n) is 14.7. The predicted octanol–water partition coefficient (Wildman–Crippen LogP) is 7.33. The van der Waals surface area contributed by atoms with Gasteiger partial charge in [0, 0.05) is 0 Å². The Morgan fingerprint density at radius 1 is 0.647 bits per heavy atom. The molecule has 0 saturated carbocycles. The maximum Gasteiger partial charge on any atom is -0.0443 e. The molecule has 0 radical (unpaired) electrons. The summed E-state index contributed by atoms with van der Waals surface area (Å²) in [6, 6.07) is 0. The molecule has 1 unspecified atom stereocenters. The van der Waals surface area contributed by atoms with Crippen molar-refractivity contribution in [2.75, 3.05) is 0 Å². The molecule has 0 bridgehead atoms. The third-order valence-electron chi connectivity index (χ3n) is 2.26. The quantitative estimate of drug-likeness (QED) is 0.460. The van der Waals surface area contributed by atoms with Gasteiger partial charge in [-0.05, 0) is 11.8 Å². The third-order valence-corrected chi connectivity index (χ3v) is 2.26. The smallest absolute Gasteiger partial charge is 0.0443 e. The molecule has 1 atom stereocenters. The van der Waals surface area contributed by atoms with E-state index in [1.165, 1.54) is 32.1 Å². The first-order valence-electron chi connectivity index (χ1n) is 8.16. The van der Waals surface area contributed by atoms with Gasteiger partial charge in [0.2, 0.25) is 0 Å². The molecule has 0 amide bonds. The van der Waals surface area contributed by atoms with E-state index < -0.39 is 0 Å². The molecule has 0 saturated heterocycles. The summed E-state index contributed by atoms with van der Waals surface area (Å²) in [5, 5.41) is 0. The summed E-state index contributed by atoms with van der Waals surface area (Å²) < 4.78 is 0. The minimum Gasteiger partial charge on any atom is -0.0683 e. The van der Waals surface area contributed by atoms with Gasteiger partial charge in [-0.25, -0.2) is 0 Å².